The van der Waals surface area contributed by atoms with Crippen LogP contribution in [0.25, 0.3) is 10.8 Å². The minimum atomic E-state index is -4.79. The predicted molar refractivity (Wildman–Crippen MR) is 125 cm³/mol. The Morgan fingerprint density at radius 3 is 2.20 bits per heavy atom. The molecule has 10 heteroatoms. The lowest BCUT2D eigenvalue weighted by Gasteiger charge is -2.25. The molecule has 35 heavy (non-hydrogen) atoms. The fourth-order valence-corrected chi connectivity index (χ4v) is 3.66. The zero-order chi connectivity index (χ0) is 25.4. The Morgan fingerprint density at radius 1 is 0.857 bits per heavy atom. The topological polar surface area (TPSA) is 113 Å². The van der Waals surface area contributed by atoms with Gasteiger partial charge < -0.3 is 21.7 Å². The Labute approximate surface area is 199 Å². The summed E-state index contributed by atoms with van der Waals surface area (Å²) in [5, 5.41) is 7.75. The maximum Gasteiger partial charge on any atom is 0.412 e. The summed E-state index contributed by atoms with van der Waals surface area (Å²) in [4.78, 5) is 36.3. The normalized spacial score (nSPS) is 13.0. The van der Waals surface area contributed by atoms with Gasteiger partial charge in [0.1, 0.15) is 6.04 Å². The summed E-state index contributed by atoms with van der Waals surface area (Å²) in [6, 6.07) is 15.0. The number of fused-ring (bicyclic) bond motifs is 1. The quantitative estimate of drug-likeness (QED) is 0.372. The molecule has 0 heterocycles. The lowest BCUT2D eigenvalue weighted by Crippen LogP contribution is -2.53. The number of hydrogen-bond acceptors (Lipinski definition) is 3. The summed E-state index contributed by atoms with van der Waals surface area (Å²) in [6.45, 7) is -0.0655. The number of hydrogen-bond donors (Lipinski definition) is 4. The minimum Gasteiger partial charge on any atom is -0.370 e. The van der Waals surface area contributed by atoms with Gasteiger partial charge in [0.25, 0.3) is 0 Å². The molecule has 7 nitrogen and oxygen atoms in total. The minimum absolute atomic E-state index is 0.0294. The summed E-state index contributed by atoms with van der Waals surface area (Å²) in [6.07, 6.45) is -4.88. The molecule has 0 aromatic heterocycles. The van der Waals surface area contributed by atoms with Crippen molar-refractivity contribution < 1.29 is 27.6 Å². The first-order chi connectivity index (χ1) is 16.6. The third-order valence-corrected chi connectivity index (χ3v) is 5.31. The molecule has 0 bridgehead atoms. The van der Waals surface area contributed by atoms with E-state index in [-0.39, 0.29) is 24.9 Å². The van der Waals surface area contributed by atoms with E-state index in [1.807, 2.05) is 5.32 Å². The number of nitrogens with two attached hydrogens (primary N) is 1. The van der Waals surface area contributed by atoms with E-state index in [1.54, 1.807) is 60.7 Å². The summed E-state index contributed by atoms with van der Waals surface area (Å²) in [7, 11) is 0. The fraction of sp³-hybridized carbons (Fsp3) is 0.240. The van der Waals surface area contributed by atoms with Gasteiger partial charge in [0, 0.05) is 19.4 Å². The molecule has 0 radical (unpaired) electrons. The maximum absolute atomic E-state index is 14.0. The van der Waals surface area contributed by atoms with Crippen LogP contribution in [0.1, 0.15) is 23.6 Å². The van der Waals surface area contributed by atoms with E-state index in [1.165, 1.54) is 12.1 Å². The number of carbonyl (C=O) groups is 3. The number of urea groups is 1. The largest absolute Gasteiger partial charge is 0.412 e. The van der Waals surface area contributed by atoms with Gasteiger partial charge in [0.2, 0.25) is 11.8 Å². The Balaban J connectivity index is 1.81. The molecule has 4 amide bonds. The summed E-state index contributed by atoms with van der Waals surface area (Å²) >= 11 is 0. The Hall–Kier alpha value is -4.08. The maximum atomic E-state index is 14.0. The van der Waals surface area contributed by atoms with Crippen LogP contribution in [0.4, 0.5) is 18.0 Å². The standard InChI is InChI=1S/C25H25F3N4O3/c26-25(27,28)22(19-12-6-10-17-9-4-5-11-18(17)19)32-24(35)31-20(15-16-7-2-1-3-8-16)23(34)30-14-13-21(29)33/h1-12,20,22H,13-15H2,(H2,29,33)(H,30,34)(H2,31,32,35). The average Bonchev–Trinajstić information content (AvgIpc) is 2.81. The van der Waals surface area contributed by atoms with Gasteiger partial charge in [-0.1, -0.05) is 72.8 Å². The second kappa shape index (κ2) is 11.4. The van der Waals surface area contributed by atoms with Crippen molar-refractivity contribution >= 4 is 28.6 Å². The monoisotopic (exact) mass is 486 g/mol. The van der Waals surface area contributed by atoms with E-state index in [0.717, 1.165) is 0 Å². The van der Waals surface area contributed by atoms with Gasteiger partial charge in [-0.05, 0) is 21.9 Å². The van der Waals surface area contributed by atoms with Crippen molar-refractivity contribution in [1.82, 2.24) is 16.0 Å². The number of halogens is 3. The molecule has 0 aliphatic rings. The van der Waals surface area contributed by atoms with E-state index < -0.39 is 36.1 Å². The molecule has 0 fully saturated rings. The Morgan fingerprint density at radius 2 is 1.51 bits per heavy atom. The average molecular weight is 486 g/mol. The first kappa shape index (κ1) is 25.5. The Kier molecular flexibility index (Phi) is 8.30. The third-order valence-electron chi connectivity index (χ3n) is 5.31. The van der Waals surface area contributed by atoms with E-state index in [0.29, 0.717) is 16.3 Å². The van der Waals surface area contributed by atoms with Crippen molar-refractivity contribution in [3.63, 3.8) is 0 Å². The van der Waals surface area contributed by atoms with Crippen molar-refractivity contribution in [3.05, 3.63) is 83.9 Å². The summed E-state index contributed by atoms with van der Waals surface area (Å²) < 4.78 is 42.0. The highest BCUT2D eigenvalue weighted by molar-refractivity contribution is 5.89. The smallest absolute Gasteiger partial charge is 0.370 e. The number of amides is 4. The molecule has 0 spiro atoms. The molecular formula is C25H25F3N4O3. The molecule has 2 unspecified atom stereocenters. The van der Waals surface area contributed by atoms with Crippen LogP contribution < -0.4 is 21.7 Å². The van der Waals surface area contributed by atoms with Gasteiger partial charge in [0.15, 0.2) is 6.04 Å². The highest BCUT2D eigenvalue weighted by atomic mass is 19.4. The first-order valence-electron chi connectivity index (χ1n) is 10.9. The van der Waals surface area contributed by atoms with Crippen LogP contribution in [0, 0.1) is 0 Å². The van der Waals surface area contributed by atoms with Crippen LogP contribution in [0.5, 0.6) is 0 Å². The molecule has 2 atom stereocenters. The fourth-order valence-electron chi connectivity index (χ4n) is 3.66. The van der Waals surface area contributed by atoms with E-state index in [9.17, 15) is 27.6 Å². The number of benzene rings is 3. The van der Waals surface area contributed by atoms with E-state index in [4.69, 9.17) is 5.73 Å². The highest BCUT2D eigenvalue weighted by Gasteiger charge is 2.43. The van der Waals surface area contributed by atoms with Gasteiger partial charge >= 0.3 is 12.2 Å². The lowest BCUT2D eigenvalue weighted by atomic mass is 9.98. The van der Waals surface area contributed by atoms with Crippen molar-refractivity contribution in [2.75, 3.05) is 6.54 Å². The van der Waals surface area contributed by atoms with Gasteiger partial charge in [-0.25, -0.2) is 4.79 Å². The highest BCUT2D eigenvalue weighted by Crippen LogP contribution is 2.36. The molecule has 3 aromatic rings. The number of rotatable bonds is 9. The summed E-state index contributed by atoms with van der Waals surface area (Å²) in [5.41, 5.74) is 5.64. The molecule has 0 aliphatic heterocycles. The third kappa shape index (κ3) is 7.20. The van der Waals surface area contributed by atoms with Crippen LogP contribution in [0.2, 0.25) is 0 Å². The van der Waals surface area contributed by atoms with Crippen LogP contribution >= 0.6 is 0 Å². The van der Waals surface area contributed by atoms with Gasteiger partial charge in [-0.2, -0.15) is 13.2 Å². The predicted octanol–water partition coefficient (Wildman–Crippen LogP) is 3.35. The SMILES string of the molecule is NC(=O)CCNC(=O)C(Cc1ccccc1)NC(=O)NC(c1cccc2ccccc12)C(F)(F)F. The second-order valence-electron chi connectivity index (χ2n) is 7.91. The number of nitrogens with one attached hydrogen (secondary N) is 3. The van der Waals surface area contributed by atoms with Crippen molar-refractivity contribution in [2.45, 2.75) is 31.1 Å². The second-order valence-corrected chi connectivity index (χ2v) is 7.91. The van der Waals surface area contributed by atoms with Crippen LogP contribution in [-0.4, -0.2) is 36.6 Å². The van der Waals surface area contributed by atoms with Crippen molar-refractivity contribution in [1.29, 1.82) is 0 Å². The van der Waals surface area contributed by atoms with Crippen LogP contribution in [-0.2, 0) is 16.0 Å². The Bertz CT molecular complexity index is 1180. The van der Waals surface area contributed by atoms with Crippen LogP contribution in [0.15, 0.2) is 72.8 Å². The first-order valence-corrected chi connectivity index (χ1v) is 10.9. The molecule has 184 valence electrons. The molecule has 5 N–H and O–H groups in total. The van der Waals surface area contributed by atoms with E-state index in [2.05, 4.69) is 10.6 Å². The molecule has 3 rings (SSSR count). The molecule has 0 saturated carbocycles. The zero-order valence-corrected chi connectivity index (χ0v) is 18.6. The molecular weight excluding hydrogens is 461 g/mol. The van der Waals surface area contributed by atoms with Crippen LogP contribution in [0.3, 0.4) is 0 Å². The van der Waals surface area contributed by atoms with Gasteiger partial charge in [-0.15, -0.1) is 0 Å². The van der Waals surface area contributed by atoms with E-state index >= 15 is 0 Å². The zero-order valence-electron chi connectivity index (χ0n) is 18.6. The van der Waals surface area contributed by atoms with Crippen molar-refractivity contribution in [2.24, 2.45) is 5.73 Å². The van der Waals surface area contributed by atoms with Gasteiger partial charge in [-0.3, -0.25) is 9.59 Å². The number of primary amides is 1. The molecule has 0 aliphatic carbocycles. The molecule has 0 saturated heterocycles. The van der Waals surface area contributed by atoms with Gasteiger partial charge in [0.05, 0.1) is 0 Å². The molecule has 3 aromatic carbocycles. The number of alkyl halides is 3. The summed E-state index contributed by atoms with van der Waals surface area (Å²) in [5.74, 6) is -1.28. The lowest BCUT2D eigenvalue weighted by molar-refractivity contribution is -0.154. The van der Waals surface area contributed by atoms with Crippen molar-refractivity contribution in [3.8, 4) is 0 Å². The number of carbonyl (C=O) groups excluding carboxylic acids is 3.